The van der Waals surface area contributed by atoms with E-state index in [2.05, 4.69) is 20.4 Å². The van der Waals surface area contributed by atoms with Gasteiger partial charge in [0, 0.05) is 7.05 Å². The largest absolute Gasteiger partial charge is 0.337 e. The number of aryl methyl sites for hydroxylation is 1. The van der Waals surface area contributed by atoms with Crippen LogP contribution in [0.1, 0.15) is 25.8 Å². The van der Waals surface area contributed by atoms with Gasteiger partial charge < -0.3 is 14.4 Å². The molecule has 86 valence electrons. The summed E-state index contributed by atoms with van der Waals surface area (Å²) in [5.74, 6) is 1.16. The summed E-state index contributed by atoms with van der Waals surface area (Å²) >= 11 is 0. The fourth-order valence-electron chi connectivity index (χ4n) is 1.48. The van der Waals surface area contributed by atoms with Crippen molar-refractivity contribution in [2.75, 3.05) is 6.54 Å². The zero-order valence-corrected chi connectivity index (χ0v) is 9.64. The van der Waals surface area contributed by atoms with E-state index < -0.39 is 0 Å². The van der Waals surface area contributed by atoms with Gasteiger partial charge in [0.05, 0.1) is 18.6 Å². The van der Waals surface area contributed by atoms with E-state index >= 15 is 0 Å². The third-order valence-electron chi connectivity index (χ3n) is 2.37. The highest BCUT2D eigenvalue weighted by Crippen LogP contribution is 2.17. The smallest absolute Gasteiger partial charge is 0.243 e. The monoisotopic (exact) mass is 221 g/mol. The molecule has 1 unspecified atom stereocenters. The summed E-state index contributed by atoms with van der Waals surface area (Å²) in [5.41, 5.74) is 0.846. The Morgan fingerprint density at radius 2 is 2.38 bits per heavy atom. The summed E-state index contributed by atoms with van der Waals surface area (Å²) < 4.78 is 7.05. The molecule has 0 bridgehead atoms. The van der Waals surface area contributed by atoms with Crippen LogP contribution in [0.2, 0.25) is 0 Å². The van der Waals surface area contributed by atoms with E-state index in [0.717, 1.165) is 12.2 Å². The fourth-order valence-corrected chi connectivity index (χ4v) is 1.48. The van der Waals surface area contributed by atoms with Crippen LogP contribution in [0, 0.1) is 0 Å². The van der Waals surface area contributed by atoms with Gasteiger partial charge in [0.15, 0.2) is 0 Å². The van der Waals surface area contributed by atoms with Crippen molar-refractivity contribution in [2.24, 2.45) is 7.05 Å². The van der Waals surface area contributed by atoms with Gasteiger partial charge in [-0.3, -0.25) is 0 Å². The molecule has 6 heteroatoms. The number of aromatic nitrogens is 4. The molecule has 6 nitrogen and oxygen atoms in total. The first-order valence-corrected chi connectivity index (χ1v) is 5.26. The second-order valence-corrected chi connectivity index (χ2v) is 3.63. The van der Waals surface area contributed by atoms with Crippen LogP contribution in [0.25, 0.3) is 11.5 Å². The van der Waals surface area contributed by atoms with Crippen molar-refractivity contribution in [3.8, 4) is 11.5 Å². The van der Waals surface area contributed by atoms with E-state index in [1.807, 2.05) is 25.5 Å². The molecule has 0 saturated heterocycles. The maximum Gasteiger partial charge on any atom is 0.243 e. The highest BCUT2D eigenvalue weighted by molar-refractivity contribution is 5.47. The third kappa shape index (κ3) is 1.96. The first-order chi connectivity index (χ1) is 7.72. The van der Waals surface area contributed by atoms with E-state index in [0.29, 0.717) is 11.7 Å². The lowest BCUT2D eigenvalue weighted by Crippen LogP contribution is -2.17. The number of nitrogens with one attached hydrogen (secondary N) is 1. The molecule has 0 radical (unpaired) electrons. The average molecular weight is 221 g/mol. The highest BCUT2D eigenvalue weighted by Gasteiger charge is 2.15. The Bertz CT molecular complexity index is 461. The van der Waals surface area contributed by atoms with E-state index in [1.54, 1.807) is 12.5 Å². The highest BCUT2D eigenvalue weighted by atomic mass is 16.5. The minimum absolute atomic E-state index is 0.0690. The molecule has 1 N–H and O–H groups in total. The van der Waals surface area contributed by atoms with Gasteiger partial charge in [-0.05, 0) is 13.5 Å². The van der Waals surface area contributed by atoms with Crippen molar-refractivity contribution in [3.63, 3.8) is 0 Å². The van der Waals surface area contributed by atoms with Gasteiger partial charge in [0.1, 0.15) is 5.69 Å². The number of rotatable bonds is 4. The van der Waals surface area contributed by atoms with Crippen LogP contribution in [0.4, 0.5) is 0 Å². The van der Waals surface area contributed by atoms with Gasteiger partial charge in [0.2, 0.25) is 11.7 Å². The molecule has 1 atom stereocenters. The number of hydrogen-bond donors (Lipinski definition) is 1. The van der Waals surface area contributed by atoms with Gasteiger partial charge >= 0.3 is 0 Å². The third-order valence-corrected chi connectivity index (χ3v) is 2.37. The van der Waals surface area contributed by atoms with Crippen LogP contribution in [-0.4, -0.2) is 26.2 Å². The summed E-state index contributed by atoms with van der Waals surface area (Å²) in [5, 5.41) is 7.15. The molecular weight excluding hydrogens is 206 g/mol. The SMILES string of the molecule is CCNC(C)c1nc(-c2cncn2C)no1. The standard InChI is InChI=1S/C10H15N5O/c1-4-12-7(2)10-13-9(14-16-10)8-5-11-6-15(8)3/h5-7,12H,4H2,1-3H3. The molecule has 2 rings (SSSR count). The molecule has 0 aliphatic heterocycles. The molecule has 2 aromatic heterocycles. The number of imidazole rings is 1. The Kier molecular flexibility index (Phi) is 3.00. The van der Waals surface area contributed by atoms with Crippen LogP contribution in [-0.2, 0) is 7.05 Å². The Hall–Kier alpha value is -1.69. The lowest BCUT2D eigenvalue weighted by molar-refractivity contribution is 0.342. The molecule has 16 heavy (non-hydrogen) atoms. The Labute approximate surface area is 93.7 Å². The topological polar surface area (TPSA) is 68.8 Å². The summed E-state index contributed by atoms with van der Waals surface area (Å²) in [7, 11) is 1.89. The predicted octanol–water partition coefficient (Wildman–Crippen LogP) is 1.14. The minimum Gasteiger partial charge on any atom is -0.337 e. The molecular formula is C10H15N5O. The van der Waals surface area contributed by atoms with Crippen LogP contribution in [0.15, 0.2) is 17.0 Å². The number of nitrogens with zero attached hydrogens (tertiary/aromatic N) is 4. The zero-order chi connectivity index (χ0) is 11.5. The molecule has 2 aromatic rings. The second-order valence-electron chi connectivity index (χ2n) is 3.63. The molecule has 0 saturated carbocycles. The van der Waals surface area contributed by atoms with Gasteiger partial charge in [0.25, 0.3) is 0 Å². The lowest BCUT2D eigenvalue weighted by atomic mass is 10.3. The Morgan fingerprint density at radius 1 is 1.56 bits per heavy atom. The van der Waals surface area contributed by atoms with Gasteiger partial charge in [-0.15, -0.1) is 0 Å². The normalized spacial score (nSPS) is 12.9. The zero-order valence-electron chi connectivity index (χ0n) is 9.64. The quantitative estimate of drug-likeness (QED) is 0.838. The molecule has 0 amide bonds. The first kappa shape index (κ1) is 10.8. The molecule has 0 aromatic carbocycles. The maximum absolute atomic E-state index is 5.19. The maximum atomic E-state index is 5.19. The van der Waals surface area contributed by atoms with Crippen molar-refractivity contribution < 1.29 is 4.52 Å². The van der Waals surface area contributed by atoms with Crippen LogP contribution in [0.5, 0.6) is 0 Å². The van der Waals surface area contributed by atoms with Crippen LogP contribution >= 0.6 is 0 Å². The summed E-state index contributed by atoms with van der Waals surface area (Å²) in [6, 6.07) is 0.0690. The summed E-state index contributed by atoms with van der Waals surface area (Å²) in [6.45, 7) is 4.89. The fraction of sp³-hybridized carbons (Fsp3) is 0.500. The Morgan fingerprint density at radius 3 is 3.00 bits per heavy atom. The van der Waals surface area contributed by atoms with E-state index in [1.165, 1.54) is 0 Å². The molecule has 0 spiro atoms. The second kappa shape index (κ2) is 4.44. The van der Waals surface area contributed by atoms with Crippen molar-refractivity contribution in [2.45, 2.75) is 19.9 Å². The molecule has 0 fully saturated rings. The van der Waals surface area contributed by atoms with Crippen molar-refractivity contribution in [1.29, 1.82) is 0 Å². The number of hydrogen-bond acceptors (Lipinski definition) is 5. The minimum atomic E-state index is 0.0690. The Balaban J connectivity index is 2.23. The van der Waals surface area contributed by atoms with E-state index in [-0.39, 0.29) is 6.04 Å². The van der Waals surface area contributed by atoms with Crippen LogP contribution < -0.4 is 5.32 Å². The van der Waals surface area contributed by atoms with Crippen LogP contribution in [0.3, 0.4) is 0 Å². The average Bonchev–Trinajstić information content (AvgIpc) is 2.86. The first-order valence-electron chi connectivity index (χ1n) is 5.26. The molecule has 2 heterocycles. The van der Waals surface area contributed by atoms with E-state index in [4.69, 9.17) is 4.52 Å². The van der Waals surface area contributed by atoms with Gasteiger partial charge in [-0.1, -0.05) is 12.1 Å². The van der Waals surface area contributed by atoms with Crippen molar-refractivity contribution >= 4 is 0 Å². The van der Waals surface area contributed by atoms with Crippen molar-refractivity contribution in [1.82, 2.24) is 25.0 Å². The molecule has 0 aliphatic carbocycles. The molecule has 0 aliphatic rings. The summed E-state index contributed by atoms with van der Waals surface area (Å²) in [4.78, 5) is 8.35. The predicted molar refractivity (Wildman–Crippen MR) is 58.6 cm³/mol. The van der Waals surface area contributed by atoms with E-state index in [9.17, 15) is 0 Å². The summed E-state index contributed by atoms with van der Waals surface area (Å²) in [6.07, 6.45) is 3.42. The lowest BCUT2D eigenvalue weighted by Gasteiger charge is -2.04. The van der Waals surface area contributed by atoms with Gasteiger partial charge in [-0.25, -0.2) is 4.98 Å². The van der Waals surface area contributed by atoms with Gasteiger partial charge in [-0.2, -0.15) is 4.98 Å². The van der Waals surface area contributed by atoms with Crippen molar-refractivity contribution in [3.05, 3.63) is 18.4 Å².